The minimum atomic E-state index is -0.0944. The Bertz CT molecular complexity index is 1570. The summed E-state index contributed by atoms with van der Waals surface area (Å²) in [6.07, 6.45) is 3.26. The van der Waals surface area contributed by atoms with E-state index in [4.69, 9.17) is 14.0 Å². The molecule has 7 nitrogen and oxygen atoms in total. The molecule has 0 spiro atoms. The molecular weight excluding hydrogens is 514 g/mol. The van der Waals surface area contributed by atoms with Crippen molar-refractivity contribution in [1.29, 1.82) is 0 Å². The molecule has 2 heterocycles. The number of pyridine rings is 1. The lowest BCUT2D eigenvalue weighted by Crippen LogP contribution is -2.51. The molecular formula is C34H31N3O4. The fourth-order valence-corrected chi connectivity index (χ4v) is 5.02. The monoisotopic (exact) mass is 545 g/mol. The fourth-order valence-electron chi connectivity index (χ4n) is 5.02. The molecule has 41 heavy (non-hydrogen) atoms. The van der Waals surface area contributed by atoms with Gasteiger partial charge in [0.2, 0.25) is 5.88 Å². The zero-order valence-electron chi connectivity index (χ0n) is 22.9. The molecule has 5 aromatic rings. The van der Waals surface area contributed by atoms with Crippen LogP contribution in [0.2, 0.25) is 0 Å². The molecule has 6 rings (SSSR count). The highest BCUT2D eigenvalue weighted by molar-refractivity contribution is 6.06. The summed E-state index contributed by atoms with van der Waals surface area (Å²) in [5.74, 6) is 1.02. The minimum Gasteiger partial charge on any atom is -0.473 e. The Labute approximate surface area is 239 Å². The molecule has 0 unspecified atom stereocenters. The van der Waals surface area contributed by atoms with Gasteiger partial charge in [0.05, 0.1) is 23.8 Å². The zero-order valence-corrected chi connectivity index (χ0v) is 22.9. The van der Waals surface area contributed by atoms with E-state index in [-0.39, 0.29) is 24.7 Å². The first-order valence-electron chi connectivity index (χ1n) is 13.8. The number of rotatable bonds is 10. The normalized spacial score (nSPS) is 16.1. The molecule has 1 fully saturated rings. The largest absolute Gasteiger partial charge is 0.473 e. The van der Waals surface area contributed by atoms with Crippen LogP contribution in [0.3, 0.4) is 0 Å². The van der Waals surface area contributed by atoms with Crippen molar-refractivity contribution in [2.24, 2.45) is 0 Å². The van der Waals surface area contributed by atoms with Gasteiger partial charge in [0.15, 0.2) is 0 Å². The van der Waals surface area contributed by atoms with E-state index in [9.17, 15) is 4.79 Å². The SMILES string of the molecule is Cc1onc(-c2ccccc2)c1COc1ccc(C(=O)N(c2ccccc2)C2CC(OCc3ccccc3)C2)cn1. The number of anilines is 1. The Balaban J connectivity index is 1.11. The van der Waals surface area contributed by atoms with E-state index >= 15 is 0 Å². The van der Waals surface area contributed by atoms with Crippen LogP contribution in [0.1, 0.15) is 40.1 Å². The first-order chi connectivity index (χ1) is 20.2. The van der Waals surface area contributed by atoms with Gasteiger partial charge in [0, 0.05) is 29.6 Å². The number of para-hydroxylation sites is 1. The maximum atomic E-state index is 13.8. The predicted octanol–water partition coefficient (Wildman–Crippen LogP) is 7.02. The second kappa shape index (κ2) is 12.2. The smallest absolute Gasteiger partial charge is 0.260 e. The van der Waals surface area contributed by atoms with Crippen molar-refractivity contribution in [2.45, 2.75) is 45.1 Å². The van der Waals surface area contributed by atoms with Gasteiger partial charge in [0.1, 0.15) is 18.1 Å². The second-order valence-corrected chi connectivity index (χ2v) is 10.2. The maximum Gasteiger partial charge on any atom is 0.260 e. The number of hydrogen-bond donors (Lipinski definition) is 0. The van der Waals surface area contributed by atoms with E-state index in [1.54, 1.807) is 18.3 Å². The van der Waals surface area contributed by atoms with Crippen molar-refractivity contribution < 1.29 is 18.8 Å². The van der Waals surface area contributed by atoms with Gasteiger partial charge >= 0.3 is 0 Å². The standard InChI is InChI=1S/C34H31N3O4/c1-24-31(33(36-41-24)26-13-7-3-8-14-26)23-40-32-18-17-27(21-35-32)34(38)37(28-15-9-4-10-16-28)29-19-30(20-29)39-22-25-11-5-2-6-12-25/h2-18,21,29-30H,19-20,22-23H2,1H3. The van der Waals surface area contributed by atoms with Crippen LogP contribution in [-0.2, 0) is 18.0 Å². The lowest BCUT2D eigenvalue weighted by molar-refractivity contribution is -0.0198. The molecule has 0 bridgehead atoms. The summed E-state index contributed by atoms with van der Waals surface area (Å²) in [5.41, 5.74) is 5.08. The molecule has 3 aromatic carbocycles. The van der Waals surface area contributed by atoms with Crippen LogP contribution in [0.4, 0.5) is 5.69 Å². The van der Waals surface area contributed by atoms with E-state index < -0.39 is 0 Å². The fraction of sp³-hybridized carbons (Fsp3) is 0.206. The number of aromatic nitrogens is 2. The average molecular weight is 546 g/mol. The summed E-state index contributed by atoms with van der Waals surface area (Å²) in [7, 11) is 0. The third-order valence-corrected chi connectivity index (χ3v) is 7.40. The van der Waals surface area contributed by atoms with Crippen molar-refractivity contribution >= 4 is 11.6 Å². The molecule has 0 radical (unpaired) electrons. The van der Waals surface area contributed by atoms with E-state index in [1.165, 1.54) is 0 Å². The van der Waals surface area contributed by atoms with E-state index in [1.807, 2.05) is 90.7 Å². The summed E-state index contributed by atoms with van der Waals surface area (Å²) in [5, 5.41) is 4.21. The summed E-state index contributed by atoms with van der Waals surface area (Å²) in [4.78, 5) is 20.1. The molecule has 206 valence electrons. The van der Waals surface area contributed by atoms with Crippen molar-refractivity contribution in [3.05, 3.63) is 132 Å². The predicted molar refractivity (Wildman–Crippen MR) is 157 cm³/mol. The number of benzene rings is 3. The van der Waals surface area contributed by atoms with Gasteiger partial charge in [-0.2, -0.15) is 0 Å². The number of carbonyl (C=O) groups is 1. The third-order valence-electron chi connectivity index (χ3n) is 7.40. The molecule has 0 N–H and O–H groups in total. The first kappa shape index (κ1) is 26.5. The van der Waals surface area contributed by atoms with Gasteiger partial charge < -0.3 is 18.9 Å². The van der Waals surface area contributed by atoms with Crippen LogP contribution in [0.15, 0.2) is 114 Å². The average Bonchev–Trinajstić information content (AvgIpc) is 3.38. The Morgan fingerprint density at radius 2 is 1.56 bits per heavy atom. The lowest BCUT2D eigenvalue weighted by Gasteiger charge is -2.42. The number of ether oxygens (including phenoxy) is 2. The highest BCUT2D eigenvalue weighted by Gasteiger charge is 2.38. The molecule has 0 aliphatic heterocycles. The Morgan fingerprint density at radius 3 is 2.24 bits per heavy atom. The van der Waals surface area contributed by atoms with Crippen molar-refractivity contribution in [3.63, 3.8) is 0 Å². The maximum absolute atomic E-state index is 13.8. The van der Waals surface area contributed by atoms with Crippen LogP contribution in [0.25, 0.3) is 11.3 Å². The summed E-state index contributed by atoms with van der Waals surface area (Å²) in [6.45, 7) is 2.69. The highest BCUT2D eigenvalue weighted by Crippen LogP contribution is 2.34. The number of hydrogen-bond acceptors (Lipinski definition) is 6. The number of aryl methyl sites for hydroxylation is 1. The zero-order chi connectivity index (χ0) is 28.0. The summed E-state index contributed by atoms with van der Waals surface area (Å²) >= 11 is 0. The molecule has 0 saturated heterocycles. The topological polar surface area (TPSA) is 77.7 Å². The lowest BCUT2D eigenvalue weighted by atomic mass is 9.87. The number of amides is 1. The van der Waals surface area contributed by atoms with E-state index in [0.717, 1.165) is 40.9 Å². The molecule has 1 saturated carbocycles. The van der Waals surface area contributed by atoms with Gasteiger partial charge in [-0.3, -0.25) is 4.79 Å². The van der Waals surface area contributed by atoms with Crippen LogP contribution >= 0.6 is 0 Å². The van der Waals surface area contributed by atoms with Crippen molar-refractivity contribution in [2.75, 3.05) is 4.90 Å². The quantitative estimate of drug-likeness (QED) is 0.188. The number of carbonyl (C=O) groups excluding carboxylic acids is 1. The van der Waals surface area contributed by atoms with Gasteiger partial charge in [-0.25, -0.2) is 4.98 Å². The summed E-state index contributed by atoms with van der Waals surface area (Å²) in [6, 6.07) is 33.3. The van der Waals surface area contributed by atoms with Crippen molar-refractivity contribution in [3.8, 4) is 17.1 Å². The molecule has 1 amide bonds. The Kier molecular flexibility index (Phi) is 7.87. The van der Waals surface area contributed by atoms with Gasteiger partial charge in [-0.05, 0) is 43.5 Å². The second-order valence-electron chi connectivity index (χ2n) is 10.2. The molecule has 2 aromatic heterocycles. The summed E-state index contributed by atoms with van der Waals surface area (Å²) < 4.78 is 17.5. The van der Waals surface area contributed by atoms with Crippen molar-refractivity contribution in [1.82, 2.24) is 10.1 Å². The number of nitrogens with zero attached hydrogens (tertiary/aromatic N) is 3. The van der Waals surface area contributed by atoms with Gasteiger partial charge in [-0.1, -0.05) is 84.0 Å². The van der Waals surface area contributed by atoms with Gasteiger partial charge in [0.25, 0.3) is 5.91 Å². The van der Waals surface area contributed by atoms with E-state index in [0.29, 0.717) is 23.8 Å². The van der Waals surface area contributed by atoms with Crippen LogP contribution < -0.4 is 9.64 Å². The third kappa shape index (κ3) is 6.05. The van der Waals surface area contributed by atoms with Crippen LogP contribution in [-0.4, -0.2) is 28.2 Å². The first-order valence-corrected chi connectivity index (χ1v) is 13.8. The van der Waals surface area contributed by atoms with Crippen LogP contribution in [0, 0.1) is 6.92 Å². The molecule has 1 aliphatic carbocycles. The Morgan fingerprint density at radius 1 is 0.878 bits per heavy atom. The molecule has 1 aliphatic rings. The molecule has 0 atom stereocenters. The highest BCUT2D eigenvalue weighted by atomic mass is 16.5. The van der Waals surface area contributed by atoms with Gasteiger partial charge in [-0.15, -0.1) is 0 Å². The minimum absolute atomic E-state index is 0.0505. The Hall–Kier alpha value is -4.75. The van der Waals surface area contributed by atoms with E-state index in [2.05, 4.69) is 22.3 Å². The van der Waals surface area contributed by atoms with Crippen LogP contribution in [0.5, 0.6) is 5.88 Å². The molecule has 7 heteroatoms.